The second-order valence-corrected chi connectivity index (χ2v) is 7.62. The minimum absolute atomic E-state index is 0.0153. The number of halogens is 2. The second kappa shape index (κ2) is 8.54. The second-order valence-electron chi connectivity index (χ2n) is 7.04. The van der Waals surface area contributed by atoms with Crippen molar-refractivity contribution in [1.29, 1.82) is 0 Å². The van der Waals surface area contributed by atoms with Crippen LogP contribution < -0.4 is 11.0 Å². The van der Waals surface area contributed by atoms with Crippen molar-refractivity contribution in [3.05, 3.63) is 22.7 Å². The van der Waals surface area contributed by atoms with Crippen molar-refractivity contribution in [2.45, 2.75) is 51.3 Å². The molecule has 1 aromatic heterocycles. The fraction of sp³-hybridized carbons (Fsp3) is 0.647. The first kappa shape index (κ1) is 22.3. The van der Waals surface area contributed by atoms with Gasteiger partial charge in [0.05, 0.1) is 12.5 Å². The van der Waals surface area contributed by atoms with E-state index in [1.807, 2.05) is 0 Å². The van der Waals surface area contributed by atoms with Gasteiger partial charge in [0.1, 0.15) is 11.9 Å². The van der Waals surface area contributed by atoms with Gasteiger partial charge in [0, 0.05) is 12.1 Å². The van der Waals surface area contributed by atoms with Crippen LogP contribution in [-0.4, -0.2) is 50.5 Å². The average molecular weight is 420 g/mol. The molecule has 0 radical (unpaired) electrons. The van der Waals surface area contributed by atoms with E-state index in [4.69, 9.17) is 21.1 Å². The van der Waals surface area contributed by atoms with Crippen LogP contribution in [0.1, 0.15) is 33.9 Å². The number of aromatic nitrogens is 2. The van der Waals surface area contributed by atoms with Crippen LogP contribution in [0.25, 0.3) is 0 Å². The number of nitrogens with zero attached hydrogens (tertiary/aromatic N) is 2. The third-order valence-corrected chi connectivity index (χ3v) is 4.50. The van der Waals surface area contributed by atoms with Crippen LogP contribution in [0.15, 0.2) is 17.1 Å². The van der Waals surface area contributed by atoms with Crippen LogP contribution in [0.4, 0.5) is 10.2 Å². The van der Waals surface area contributed by atoms with Crippen molar-refractivity contribution >= 4 is 29.3 Å². The fourth-order valence-corrected chi connectivity index (χ4v) is 2.79. The minimum atomic E-state index is -2.83. The van der Waals surface area contributed by atoms with Crippen LogP contribution >= 0.6 is 11.6 Å². The van der Waals surface area contributed by atoms with Gasteiger partial charge in [-0.05, 0) is 6.07 Å². The standard InChI is InChI=1S/C17H23ClFN3O6/c1-8(2)13(24)20-11-5-6-22(16(26)21-11)15-17(18,19)12(10(7-23)27-15)28-14(25)9(3)4/h5-6,8-10,12,15,23H,7H2,1-4H3,(H,20,21,24,26)/t10-,12-,15-,17-/m1/s1. The maximum atomic E-state index is 15.3. The molecule has 0 saturated carbocycles. The lowest BCUT2D eigenvalue weighted by molar-refractivity contribution is -0.159. The number of esters is 1. The highest BCUT2D eigenvalue weighted by Gasteiger charge is 2.60. The molecule has 2 rings (SSSR count). The molecule has 0 bridgehead atoms. The van der Waals surface area contributed by atoms with Crippen molar-refractivity contribution < 1.29 is 28.6 Å². The fourth-order valence-electron chi connectivity index (χ4n) is 2.45. The Labute approximate surface area is 165 Å². The van der Waals surface area contributed by atoms with Crippen LogP contribution in [0.3, 0.4) is 0 Å². The molecule has 0 aromatic carbocycles. The molecule has 156 valence electrons. The Balaban J connectivity index is 2.30. The SMILES string of the molecule is CC(C)C(=O)Nc1ccn([C@@H]2O[C@H](CO)[C@@H](OC(=O)C(C)C)[C@]2(F)Cl)c(=O)n1. The Bertz CT molecular complexity index is 797. The normalized spacial score (nSPS) is 27.2. The van der Waals surface area contributed by atoms with Crippen LogP contribution in [-0.2, 0) is 19.1 Å². The summed E-state index contributed by atoms with van der Waals surface area (Å²) >= 11 is 5.96. The summed E-state index contributed by atoms with van der Waals surface area (Å²) in [7, 11) is 0. The molecule has 28 heavy (non-hydrogen) atoms. The molecular formula is C17H23ClFN3O6. The Morgan fingerprint density at radius 3 is 2.57 bits per heavy atom. The number of rotatable bonds is 6. The van der Waals surface area contributed by atoms with E-state index in [1.165, 1.54) is 6.07 Å². The summed E-state index contributed by atoms with van der Waals surface area (Å²) in [6.07, 6.45) is -3.46. The maximum Gasteiger partial charge on any atom is 0.351 e. The number of aliphatic hydroxyl groups excluding tert-OH is 1. The summed E-state index contributed by atoms with van der Waals surface area (Å²) in [5, 5.41) is 9.08. The molecule has 0 unspecified atom stereocenters. The molecule has 4 atom stereocenters. The quantitative estimate of drug-likeness (QED) is 0.525. The maximum absolute atomic E-state index is 15.3. The third-order valence-electron chi connectivity index (χ3n) is 4.10. The van der Waals surface area contributed by atoms with Gasteiger partial charge in [0.2, 0.25) is 5.91 Å². The van der Waals surface area contributed by atoms with Crippen LogP contribution in [0, 0.1) is 11.8 Å². The number of hydrogen-bond acceptors (Lipinski definition) is 7. The van der Waals surface area contributed by atoms with Gasteiger partial charge in [-0.15, -0.1) is 0 Å². The summed E-state index contributed by atoms with van der Waals surface area (Å²) < 4.78 is 26.5. The zero-order chi connectivity index (χ0) is 21.2. The number of aliphatic hydroxyl groups is 1. The number of nitrogens with one attached hydrogen (secondary N) is 1. The van der Waals surface area contributed by atoms with E-state index in [-0.39, 0.29) is 17.6 Å². The van der Waals surface area contributed by atoms with Gasteiger partial charge < -0.3 is 19.9 Å². The molecule has 1 aliphatic heterocycles. The van der Waals surface area contributed by atoms with E-state index in [0.717, 1.165) is 10.8 Å². The van der Waals surface area contributed by atoms with Gasteiger partial charge in [-0.3, -0.25) is 14.2 Å². The predicted octanol–water partition coefficient (Wildman–Crippen LogP) is 1.20. The molecule has 1 amide bonds. The smallest absolute Gasteiger partial charge is 0.351 e. The van der Waals surface area contributed by atoms with E-state index >= 15 is 4.39 Å². The number of amides is 1. The van der Waals surface area contributed by atoms with E-state index in [0.29, 0.717) is 0 Å². The highest BCUT2D eigenvalue weighted by molar-refractivity contribution is 6.23. The Morgan fingerprint density at radius 2 is 2.07 bits per heavy atom. The zero-order valence-corrected chi connectivity index (χ0v) is 16.6. The number of carbonyl (C=O) groups excluding carboxylic acids is 2. The van der Waals surface area contributed by atoms with Crippen LogP contribution in [0.2, 0.25) is 0 Å². The molecular weight excluding hydrogens is 397 g/mol. The summed E-state index contributed by atoms with van der Waals surface area (Å²) in [5.41, 5.74) is -0.943. The van der Waals surface area contributed by atoms with Crippen LogP contribution in [0.5, 0.6) is 0 Å². The lowest BCUT2D eigenvalue weighted by Crippen LogP contribution is -2.44. The molecule has 9 nitrogen and oxygen atoms in total. The third kappa shape index (κ3) is 4.50. The predicted molar refractivity (Wildman–Crippen MR) is 97.4 cm³/mol. The monoisotopic (exact) mass is 419 g/mol. The van der Waals surface area contributed by atoms with Crippen molar-refractivity contribution in [2.24, 2.45) is 11.8 Å². The topological polar surface area (TPSA) is 120 Å². The number of ether oxygens (including phenoxy) is 2. The van der Waals surface area contributed by atoms with Crippen molar-refractivity contribution in [1.82, 2.24) is 9.55 Å². The lowest BCUT2D eigenvalue weighted by atomic mass is 10.1. The number of anilines is 1. The Hall–Kier alpha value is -2.04. The van der Waals surface area contributed by atoms with Gasteiger partial charge in [0.15, 0.2) is 12.3 Å². The molecule has 2 heterocycles. The molecule has 1 fully saturated rings. The molecule has 0 spiro atoms. The number of alkyl halides is 2. The molecule has 1 aromatic rings. The Morgan fingerprint density at radius 1 is 1.43 bits per heavy atom. The molecule has 1 saturated heterocycles. The summed E-state index contributed by atoms with van der Waals surface area (Å²) in [4.78, 5) is 39.6. The number of carbonyl (C=O) groups is 2. The zero-order valence-electron chi connectivity index (χ0n) is 15.9. The first-order chi connectivity index (χ1) is 13.0. The summed E-state index contributed by atoms with van der Waals surface area (Å²) in [6.45, 7) is 5.76. The van der Waals surface area contributed by atoms with E-state index in [1.54, 1.807) is 27.7 Å². The summed E-state index contributed by atoms with van der Waals surface area (Å²) in [6, 6.07) is 1.28. The van der Waals surface area contributed by atoms with Gasteiger partial charge in [-0.25, -0.2) is 9.18 Å². The van der Waals surface area contributed by atoms with Gasteiger partial charge in [-0.1, -0.05) is 39.3 Å². The largest absolute Gasteiger partial charge is 0.454 e. The summed E-state index contributed by atoms with van der Waals surface area (Å²) in [5.74, 6) is -1.98. The van der Waals surface area contributed by atoms with Gasteiger partial charge >= 0.3 is 11.7 Å². The highest BCUT2D eigenvalue weighted by Crippen LogP contribution is 2.45. The van der Waals surface area contributed by atoms with Gasteiger partial charge in [-0.2, -0.15) is 4.98 Å². The highest BCUT2D eigenvalue weighted by atomic mass is 35.5. The van der Waals surface area contributed by atoms with Gasteiger partial charge in [0.25, 0.3) is 5.13 Å². The molecule has 11 heteroatoms. The minimum Gasteiger partial charge on any atom is -0.454 e. The van der Waals surface area contributed by atoms with Crippen molar-refractivity contribution in [2.75, 3.05) is 11.9 Å². The molecule has 1 aliphatic rings. The van der Waals surface area contributed by atoms with Crippen molar-refractivity contribution in [3.8, 4) is 0 Å². The average Bonchev–Trinajstić information content (AvgIpc) is 2.85. The van der Waals surface area contributed by atoms with E-state index in [9.17, 15) is 19.5 Å². The van der Waals surface area contributed by atoms with E-state index in [2.05, 4.69) is 10.3 Å². The number of hydrogen-bond donors (Lipinski definition) is 2. The molecule has 2 N–H and O–H groups in total. The van der Waals surface area contributed by atoms with E-state index < -0.39 is 47.7 Å². The Kier molecular flexibility index (Phi) is 6.79. The molecule has 0 aliphatic carbocycles. The lowest BCUT2D eigenvalue weighted by Gasteiger charge is -2.26. The van der Waals surface area contributed by atoms with Crippen molar-refractivity contribution in [3.63, 3.8) is 0 Å². The first-order valence-corrected chi connectivity index (χ1v) is 9.11. The first-order valence-electron chi connectivity index (χ1n) is 8.73.